The van der Waals surface area contributed by atoms with E-state index in [1.54, 1.807) is 36.3 Å². The minimum absolute atomic E-state index is 0.0408. The van der Waals surface area contributed by atoms with E-state index in [0.29, 0.717) is 29.9 Å². The quantitative estimate of drug-likeness (QED) is 0.542. The molecule has 10 nitrogen and oxygen atoms in total. The fourth-order valence-corrected chi connectivity index (χ4v) is 4.91. The van der Waals surface area contributed by atoms with E-state index in [0.717, 1.165) is 6.07 Å². The van der Waals surface area contributed by atoms with Crippen LogP contribution in [0.4, 0.5) is 4.39 Å². The average Bonchev–Trinajstić information content (AvgIpc) is 3.57. The zero-order valence-corrected chi connectivity index (χ0v) is 20.7. The van der Waals surface area contributed by atoms with Crippen molar-refractivity contribution < 1.29 is 32.7 Å². The van der Waals surface area contributed by atoms with Gasteiger partial charge in [-0.25, -0.2) is 9.37 Å². The topological polar surface area (TPSA) is 123 Å². The fourth-order valence-electron chi connectivity index (χ4n) is 4.91. The first kappa shape index (κ1) is 25.2. The zero-order chi connectivity index (χ0) is 26.6. The molecule has 198 valence electrons. The SMILES string of the molecule is COc1ccc(-c2ocnc2C(=O)N2[C@@H]3CC[C@H]2CC(=O)NCCOc2ccc(F)cc2C(=O)NC3)cc1. The smallest absolute Gasteiger partial charge is 0.277 e. The first-order chi connectivity index (χ1) is 18.4. The lowest BCUT2D eigenvalue weighted by molar-refractivity contribution is -0.122. The lowest BCUT2D eigenvalue weighted by Crippen LogP contribution is -2.48. The second-order valence-corrected chi connectivity index (χ2v) is 9.11. The maximum Gasteiger partial charge on any atom is 0.277 e. The highest BCUT2D eigenvalue weighted by molar-refractivity contribution is 5.99. The van der Waals surface area contributed by atoms with Gasteiger partial charge in [0.2, 0.25) is 5.91 Å². The lowest BCUT2D eigenvalue weighted by Gasteiger charge is -2.30. The molecule has 5 rings (SSSR count). The molecule has 2 aliphatic heterocycles. The Morgan fingerprint density at radius 1 is 1.11 bits per heavy atom. The summed E-state index contributed by atoms with van der Waals surface area (Å²) in [5.41, 5.74) is 0.797. The van der Waals surface area contributed by atoms with Gasteiger partial charge in [0.25, 0.3) is 11.8 Å². The number of fused-ring (bicyclic) bond motifs is 3. The summed E-state index contributed by atoms with van der Waals surface area (Å²) in [5, 5.41) is 5.60. The Labute approximate surface area is 218 Å². The summed E-state index contributed by atoms with van der Waals surface area (Å²) in [7, 11) is 1.56. The van der Waals surface area contributed by atoms with Crippen LogP contribution in [-0.4, -0.2) is 66.5 Å². The van der Waals surface area contributed by atoms with Crippen molar-refractivity contribution in [2.45, 2.75) is 31.3 Å². The van der Waals surface area contributed by atoms with Crippen molar-refractivity contribution in [1.29, 1.82) is 0 Å². The summed E-state index contributed by atoms with van der Waals surface area (Å²) in [6, 6.07) is 9.90. The third kappa shape index (κ3) is 5.17. The van der Waals surface area contributed by atoms with Gasteiger partial charge in [-0.3, -0.25) is 14.4 Å². The van der Waals surface area contributed by atoms with E-state index in [1.165, 1.54) is 18.5 Å². The van der Waals surface area contributed by atoms with Crippen molar-refractivity contribution in [3.63, 3.8) is 0 Å². The molecule has 2 aromatic carbocycles. The number of rotatable bonds is 3. The summed E-state index contributed by atoms with van der Waals surface area (Å²) in [6.45, 7) is 0.387. The van der Waals surface area contributed by atoms with Crippen LogP contribution in [0.25, 0.3) is 11.3 Å². The van der Waals surface area contributed by atoms with Crippen LogP contribution in [0, 0.1) is 5.82 Å². The largest absolute Gasteiger partial charge is 0.497 e. The Hall–Kier alpha value is -4.41. The van der Waals surface area contributed by atoms with Gasteiger partial charge < -0.3 is 29.4 Å². The molecule has 3 amide bonds. The van der Waals surface area contributed by atoms with Gasteiger partial charge in [0.1, 0.15) is 23.9 Å². The Balaban J connectivity index is 1.44. The van der Waals surface area contributed by atoms with Crippen LogP contribution in [0.2, 0.25) is 0 Å². The standard InChI is InChI=1S/C27H27FN4O6/c1-36-20-7-2-16(3-8-20)25-24(31-15-38-25)27(35)32-18-5-6-19(32)14-30-26(34)21-12-17(28)4-9-22(21)37-11-10-29-23(33)13-18/h2-4,7-9,12,15,18-19H,5-6,10-11,13-14H2,1H3,(H,29,33)(H,30,34)/t18-,19+/m0/s1. The number of aromatic nitrogens is 1. The minimum Gasteiger partial charge on any atom is -0.497 e. The first-order valence-electron chi connectivity index (χ1n) is 12.3. The van der Waals surface area contributed by atoms with Crippen molar-refractivity contribution in [2.24, 2.45) is 0 Å². The van der Waals surface area contributed by atoms with Gasteiger partial charge in [0.05, 0.1) is 19.2 Å². The predicted octanol–water partition coefficient (Wildman–Crippen LogP) is 2.79. The number of methoxy groups -OCH3 is 1. The van der Waals surface area contributed by atoms with Gasteiger partial charge >= 0.3 is 0 Å². The van der Waals surface area contributed by atoms with Crippen LogP contribution in [0.15, 0.2) is 53.3 Å². The molecule has 2 aliphatic rings. The normalized spacial score (nSPS) is 20.0. The van der Waals surface area contributed by atoms with Gasteiger partial charge in [-0.2, -0.15) is 0 Å². The molecule has 0 saturated carbocycles. The van der Waals surface area contributed by atoms with E-state index in [4.69, 9.17) is 13.9 Å². The van der Waals surface area contributed by atoms with Crippen molar-refractivity contribution in [3.05, 3.63) is 65.9 Å². The molecule has 0 spiro atoms. The second-order valence-electron chi connectivity index (χ2n) is 9.11. The number of nitrogens with zero attached hydrogens (tertiary/aromatic N) is 2. The molecule has 11 heteroatoms. The number of ether oxygens (including phenoxy) is 2. The van der Waals surface area contributed by atoms with Crippen LogP contribution in [0.1, 0.15) is 40.1 Å². The average molecular weight is 523 g/mol. The van der Waals surface area contributed by atoms with Crippen molar-refractivity contribution in [1.82, 2.24) is 20.5 Å². The van der Waals surface area contributed by atoms with Gasteiger partial charge in [-0.15, -0.1) is 0 Å². The summed E-state index contributed by atoms with van der Waals surface area (Å²) < 4.78 is 30.3. The summed E-state index contributed by atoms with van der Waals surface area (Å²) in [6.07, 6.45) is 2.43. The van der Waals surface area contributed by atoms with E-state index >= 15 is 0 Å². The van der Waals surface area contributed by atoms with Gasteiger partial charge in [-0.1, -0.05) is 0 Å². The van der Waals surface area contributed by atoms with Crippen molar-refractivity contribution in [2.75, 3.05) is 26.8 Å². The molecule has 38 heavy (non-hydrogen) atoms. The zero-order valence-electron chi connectivity index (χ0n) is 20.7. The number of carbonyl (C=O) groups excluding carboxylic acids is 3. The number of benzene rings is 2. The molecule has 0 unspecified atom stereocenters. The molecular formula is C27H27FN4O6. The highest BCUT2D eigenvalue weighted by Gasteiger charge is 2.40. The summed E-state index contributed by atoms with van der Waals surface area (Å²) >= 11 is 0. The third-order valence-electron chi connectivity index (χ3n) is 6.76. The van der Waals surface area contributed by atoms with E-state index in [9.17, 15) is 18.8 Å². The molecule has 1 saturated heterocycles. The minimum atomic E-state index is -0.577. The molecule has 3 aromatic rings. The first-order valence-corrected chi connectivity index (χ1v) is 12.3. The van der Waals surface area contributed by atoms with Crippen LogP contribution in [0.3, 0.4) is 0 Å². The van der Waals surface area contributed by atoms with Gasteiger partial charge in [0.15, 0.2) is 17.8 Å². The molecule has 0 aliphatic carbocycles. The van der Waals surface area contributed by atoms with E-state index in [2.05, 4.69) is 15.6 Å². The number of oxazole rings is 1. The number of halogens is 1. The number of amides is 3. The van der Waals surface area contributed by atoms with E-state index in [1.807, 2.05) is 0 Å². The molecule has 3 heterocycles. The Morgan fingerprint density at radius 2 is 1.89 bits per heavy atom. The molecule has 2 N–H and O–H groups in total. The molecule has 1 fully saturated rings. The maximum atomic E-state index is 13.9. The second kappa shape index (κ2) is 10.9. The predicted molar refractivity (Wildman–Crippen MR) is 133 cm³/mol. The molecular weight excluding hydrogens is 495 g/mol. The highest BCUT2D eigenvalue weighted by Crippen LogP contribution is 2.32. The molecule has 1 aromatic heterocycles. The molecule has 0 radical (unpaired) electrons. The lowest BCUT2D eigenvalue weighted by atomic mass is 10.1. The number of carbonyl (C=O) groups is 3. The maximum absolute atomic E-state index is 13.9. The number of nitrogens with one attached hydrogen (secondary N) is 2. The van der Waals surface area contributed by atoms with Crippen LogP contribution < -0.4 is 20.1 Å². The third-order valence-corrected chi connectivity index (χ3v) is 6.76. The van der Waals surface area contributed by atoms with E-state index < -0.39 is 29.7 Å². The monoisotopic (exact) mass is 522 g/mol. The summed E-state index contributed by atoms with van der Waals surface area (Å²) in [5.74, 6) is -0.564. The van der Waals surface area contributed by atoms with Crippen molar-refractivity contribution in [3.8, 4) is 22.8 Å². The summed E-state index contributed by atoms with van der Waals surface area (Å²) in [4.78, 5) is 45.4. The fraction of sp³-hybridized carbons (Fsp3) is 0.333. The highest BCUT2D eigenvalue weighted by atomic mass is 19.1. The van der Waals surface area contributed by atoms with Crippen LogP contribution in [-0.2, 0) is 4.79 Å². The van der Waals surface area contributed by atoms with Crippen LogP contribution >= 0.6 is 0 Å². The van der Waals surface area contributed by atoms with Gasteiger partial charge in [0, 0.05) is 30.6 Å². The Morgan fingerprint density at radius 3 is 2.68 bits per heavy atom. The Kier molecular flexibility index (Phi) is 7.25. The molecule has 2 atom stereocenters. The van der Waals surface area contributed by atoms with Crippen LogP contribution in [0.5, 0.6) is 11.5 Å². The number of hydrogen-bond acceptors (Lipinski definition) is 7. The van der Waals surface area contributed by atoms with Gasteiger partial charge in [-0.05, 0) is 55.3 Å². The molecule has 2 bridgehead atoms. The Bertz CT molecular complexity index is 1340. The van der Waals surface area contributed by atoms with Crippen molar-refractivity contribution >= 4 is 17.7 Å². The van der Waals surface area contributed by atoms with E-state index in [-0.39, 0.29) is 49.0 Å². The number of hydrogen-bond donors (Lipinski definition) is 2.